The van der Waals surface area contributed by atoms with Crippen LogP contribution in [-0.4, -0.2) is 0 Å². The van der Waals surface area contributed by atoms with Gasteiger partial charge in [0.2, 0.25) is 0 Å². The fourth-order valence-electron chi connectivity index (χ4n) is 8.06. The van der Waals surface area contributed by atoms with Crippen molar-refractivity contribution in [1.82, 2.24) is 0 Å². The van der Waals surface area contributed by atoms with Gasteiger partial charge in [0.25, 0.3) is 0 Å². The Kier molecular flexibility index (Phi) is 8.79. The second-order valence-electron chi connectivity index (χ2n) is 14.3. The first kappa shape index (κ1) is 32.5. The summed E-state index contributed by atoms with van der Waals surface area (Å²) in [6, 6.07) is 68.3. The largest absolute Gasteiger partial charge is 0.310 e. The summed E-state index contributed by atoms with van der Waals surface area (Å²) in [7, 11) is 0. The smallest absolute Gasteiger partial charge is 0.0540 e. The molecule has 0 spiro atoms. The topological polar surface area (TPSA) is 6.48 Å². The zero-order chi connectivity index (χ0) is 35.6. The van der Waals surface area contributed by atoms with E-state index in [0.717, 1.165) is 34.9 Å². The molecule has 8 aromatic carbocycles. The number of hydrogen-bond acceptors (Lipinski definition) is 2. The number of allylic oxidation sites excluding steroid dienone is 2. The highest BCUT2D eigenvalue weighted by Crippen LogP contribution is 2.42. The van der Waals surface area contributed by atoms with Crippen molar-refractivity contribution in [2.45, 2.75) is 19.8 Å². The van der Waals surface area contributed by atoms with Crippen LogP contribution in [0.15, 0.2) is 200 Å². The van der Waals surface area contributed by atoms with E-state index in [1.54, 1.807) is 0 Å². The van der Waals surface area contributed by atoms with Crippen LogP contribution in [0.25, 0.3) is 32.7 Å². The fourth-order valence-corrected chi connectivity index (χ4v) is 8.06. The van der Waals surface area contributed by atoms with Gasteiger partial charge in [0.15, 0.2) is 0 Å². The molecule has 0 fully saturated rings. The summed E-state index contributed by atoms with van der Waals surface area (Å²) in [4.78, 5) is 4.76. The average Bonchev–Trinajstić information content (AvgIpc) is 3.64. The number of nitrogens with zero attached hydrogens (tertiary/aromatic N) is 2. The first-order chi connectivity index (χ1) is 26.2. The Morgan fingerprint density at radius 1 is 0.415 bits per heavy atom. The van der Waals surface area contributed by atoms with Crippen molar-refractivity contribution >= 4 is 55.7 Å². The van der Waals surface area contributed by atoms with Crippen LogP contribution < -0.4 is 9.80 Å². The van der Waals surface area contributed by atoms with Gasteiger partial charge in [-0.1, -0.05) is 146 Å². The number of fused-ring (bicyclic) bond motifs is 2. The van der Waals surface area contributed by atoms with Crippen LogP contribution in [0.1, 0.15) is 18.9 Å². The van der Waals surface area contributed by atoms with Gasteiger partial charge in [-0.15, -0.1) is 0 Å². The van der Waals surface area contributed by atoms with Gasteiger partial charge in [0.05, 0.1) is 11.4 Å². The quantitative estimate of drug-likeness (QED) is 0.140. The molecule has 1 aliphatic carbocycles. The molecule has 0 bridgehead atoms. The van der Waals surface area contributed by atoms with E-state index in [1.165, 1.54) is 50.3 Å². The molecular weight excluding hydrogens is 641 g/mol. The number of hydrogen-bond donors (Lipinski definition) is 0. The van der Waals surface area contributed by atoms with E-state index >= 15 is 0 Å². The lowest BCUT2D eigenvalue weighted by Crippen LogP contribution is -2.11. The van der Waals surface area contributed by atoms with Gasteiger partial charge in [0.1, 0.15) is 0 Å². The third kappa shape index (κ3) is 6.61. The summed E-state index contributed by atoms with van der Waals surface area (Å²) in [5.41, 5.74) is 10.6. The predicted octanol–water partition coefficient (Wildman–Crippen LogP) is 14.4. The normalized spacial score (nSPS) is 15.2. The molecule has 8 aromatic rings. The molecule has 53 heavy (non-hydrogen) atoms. The molecule has 0 amide bonds. The summed E-state index contributed by atoms with van der Waals surface area (Å²) in [6.07, 6.45) is 7.10. The highest BCUT2D eigenvalue weighted by atomic mass is 15.1. The molecule has 256 valence electrons. The molecule has 0 N–H and O–H groups in total. The summed E-state index contributed by atoms with van der Waals surface area (Å²) < 4.78 is 0. The van der Waals surface area contributed by atoms with Crippen molar-refractivity contribution in [2.75, 3.05) is 9.80 Å². The third-order valence-electron chi connectivity index (χ3n) is 10.7. The molecule has 0 aromatic heterocycles. The van der Waals surface area contributed by atoms with Crippen molar-refractivity contribution in [3.8, 4) is 11.1 Å². The molecule has 2 nitrogen and oxygen atoms in total. The zero-order valence-corrected chi connectivity index (χ0v) is 30.0. The molecule has 0 heterocycles. The van der Waals surface area contributed by atoms with Crippen LogP contribution in [0.4, 0.5) is 34.1 Å². The molecule has 2 heteroatoms. The van der Waals surface area contributed by atoms with E-state index in [9.17, 15) is 0 Å². The van der Waals surface area contributed by atoms with Crippen molar-refractivity contribution < 1.29 is 0 Å². The van der Waals surface area contributed by atoms with Crippen molar-refractivity contribution in [3.05, 3.63) is 206 Å². The van der Waals surface area contributed by atoms with Gasteiger partial charge in [-0.3, -0.25) is 0 Å². The Morgan fingerprint density at radius 2 is 0.849 bits per heavy atom. The van der Waals surface area contributed by atoms with Gasteiger partial charge in [0, 0.05) is 33.5 Å². The van der Waals surface area contributed by atoms with Crippen LogP contribution in [-0.2, 0) is 6.42 Å². The van der Waals surface area contributed by atoms with Crippen LogP contribution in [0.2, 0.25) is 0 Å². The minimum Gasteiger partial charge on any atom is -0.310 e. The SMILES string of the molecule is CC1C=CC(Cc2ccc(N(c3ccc(-c4ccc(N(c5ccccc5)c5cccc6ccccc56)cc4)cc3)c3cccc4ccccc34)cc2)C1. The summed E-state index contributed by atoms with van der Waals surface area (Å²) >= 11 is 0. The zero-order valence-electron chi connectivity index (χ0n) is 30.0. The first-order valence-electron chi connectivity index (χ1n) is 18.8. The Hall–Kier alpha value is -6.38. The molecule has 0 saturated heterocycles. The lowest BCUT2D eigenvalue weighted by Gasteiger charge is -2.27. The highest BCUT2D eigenvalue weighted by molar-refractivity contribution is 6.00. The monoisotopic (exact) mass is 682 g/mol. The van der Waals surface area contributed by atoms with E-state index in [1.807, 2.05) is 0 Å². The van der Waals surface area contributed by atoms with Gasteiger partial charge < -0.3 is 9.80 Å². The Morgan fingerprint density at radius 3 is 1.34 bits per heavy atom. The maximum Gasteiger partial charge on any atom is 0.0540 e. The van der Waals surface area contributed by atoms with Crippen LogP contribution in [0.5, 0.6) is 0 Å². The molecule has 2 atom stereocenters. The molecule has 0 radical (unpaired) electrons. The molecule has 1 aliphatic rings. The van der Waals surface area contributed by atoms with E-state index in [0.29, 0.717) is 11.8 Å². The summed E-state index contributed by atoms with van der Waals surface area (Å²) in [6.45, 7) is 2.31. The van der Waals surface area contributed by atoms with Gasteiger partial charge >= 0.3 is 0 Å². The number of anilines is 6. The highest BCUT2D eigenvalue weighted by Gasteiger charge is 2.19. The van der Waals surface area contributed by atoms with Crippen LogP contribution in [0.3, 0.4) is 0 Å². The first-order valence-corrected chi connectivity index (χ1v) is 18.8. The summed E-state index contributed by atoms with van der Waals surface area (Å²) in [5.74, 6) is 1.31. The van der Waals surface area contributed by atoms with Crippen molar-refractivity contribution in [2.24, 2.45) is 11.8 Å². The van der Waals surface area contributed by atoms with Crippen LogP contribution >= 0.6 is 0 Å². The second kappa shape index (κ2) is 14.3. The van der Waals surface area contributed by atoms with Crippen molar-refractivity contribution in [3.63, 3.8) is 0 Å². The summed E-state index contributed by atoms with van der Waals surface area (Å²) in [5, 5.41) is 4.92. The Balaban J connectivity index is 1.05. The number of para-hydroxylation sites is 1. The van der Waals surface area contributed by atoms with E-state index in [-0.39, 0.29) is 0 Å². The lowest BCUT2D eigenvalue weighted by molar-refractivity contribution is 0.550. The third-order valence-corrected chi connectivity index (χ3v) is 10.7. The molecule has 0 aliphatic heterocycles. The molecule has 9 rings (SSSR count). The minimum absolute atomic E-state index is 0.631. The van der Waals surface area contributed by atoms with Gasteiger partial charge in [-0.2, -0.15) is 0 Å². The van der Waals surface area contributed by atoms with Gasteiger partial charge in [-0.25, -0.2) is 0 Å². The molecule has 0 saturated carbocycles. The van der Waals surface area contributed by atoms with Crippen LogP contribution in [0, 0.1) is 11.8 Å². The predicted molar refractivity (Wildman–Crippen MR) is 226 cm³/mol. The Labute approximate surface area is 312 Å². The Bertz CT molecular complexity index is 2510. The standard InChI is InChI=1S/C51H42N2/c1-37-21-22-39(35-37)36-38-23-29-45(30-24-38)53(51-20-10-14-43-12-6-8-18-49(43)51)47-33-27-41(28-34-47)40-25-31-46(32-26-40)52(44-15-3-2-4-16-44)50-19-9-13-42-11-5-7-17-48(42)50/h2-34,37,39H,35-36H2,1H3. The number of rotatable bonds is 9. The van der Waals surface area contributed by atoms with Crippen molar-refractivity contribution in [1.29, 1.82) is 0 Å². The maximum atomic E-state index is 2.40. The molecule has 2 unspecified atom stereocenters. The lowest BCUT2D eigenvalue weighted by atomic mass is 9.96. The molecular formula is C51H42N2. The van der Waals surface area contributed by atoms with E-state index in [4.69, 9.17) is 0 Å². The fraction of sp³-hybridized carbons (Fsp3) is 0.0980. The van der Waals surface area contributed by atoms with Gasteiger partial charge in [-0.05, 0) is 113 Å². The van der Waals surface area contributed by atoms with E-state index < -0.39 is 0 Å². The second-order valence-corrected chi connectivity index (χ2v) is 14.3. The average molecular weight is 683 g/mol. The number of benzene rings is 8. The maximum absolute atomic E-state index is 2.40. The van der Waals surface area contributed by atoms with E-state index in [2.05, 4.69) is 217 Å². The minimum atomic E-state index is 0.631.